The SMILES string of the molecule is CCCNc1ccc(C(=O)OCC)cc1N. The maximum Gasteiger partial charge on any atom is 0.338 e. The lowest BCUT2D eigenvalue weighted by atomic mass is 10.1. The summed E-state index contributed by atoms with van der Waals surface area (Å²) in [5.74, 6) is -0.337. The molecular formula is C12H18N2O2. The minimum Gasteiger partial charge on any atom is -0.462 e. The first-order valence-electron chi connectivity index (χ1n) is 5.49. The Labute approximate surface area is 95.8 Å². The highest BCUT2D eigenvalue weighted by Gasteiger charge is 2.08. The largest absolute Gasteiger partial charge is 0.462 e. The van der Waals surface area contributed by atoms with Gasteiger partial charge in [0.15, 0.2) is 0 Å². The zero-order chi connectivity index (χ0) is 12.0. The molecule has 0 bridgehead atoms. The van der Waals surface area contributed by atoms with Crippen LogP contribution in [0, 0.1) is 0 Å². The van der Waals surface area contributed by atoms with Crippen LogP contribution in [0.3, 0.4) is 0 Å². The second-order valence-electron chi connectivity index (χ2n) is 3.45. The van der Waals surface area contributed by atoms with E-state index in [2.05, 4.69) is 12.2 Å². The van der Waals surface area contributed by atoms with Gasteiger partial charge in [-0.05, 0) is 31.5 Å². The van der Waals surface area contributed by atoms with Gasteiger partial charge in [0.1, 0.15) is 0 Å². The number of carbonyl (C=O) groups excluding carboxylic acids is 1. The maximum atomic E-state index is 11.4. The Kier molecular flexibility index (Phi) is 4.64. The first-order chi connectivity index (χ1) is 7.69. The van der Waals surface area contributed by atoms with Gasteiger partial charge in [0.2, 0.25) is 0 Å². The number of rotatable bonds is 5. The van der Waals surface area contributed by atoms with Crippen LogP contribution in [0.4, 0.5) is 11.4 Å². The highest BCUT2D eigenvalue weighted by Crippen LogP contribution is 2.20. The molecule has 0 aliphatic carbocycles. The average molecular weight is 222 g/mol. The molecule has 0 radical (unpaired) electrons. The van der Waals surface area contributed by atoms with Crippen LogP contribution in [0.5, 0.6) is 0 Å². The van der Waals surface area contributed by atoms with Crippen molar-refractivity contribution in [2.24, 2.45) is 0 Å². The van der Waals surface area contributed by atoms with E-state index >= 15 is 0 Å². The van der Waals surface area contributed by atoms with E-state index in [1.165, 1.54) is 0 Å². The van der Waals surface area contributed by atoms with Crippen LogP contribution in [-0.4, -0.2) is 19.1 Å². The molecule has 0 aliphatic rings. The molecule has 0 aromatic heterocycles. The van der Waals surface area contributed by atoms with Crippen LogP contribution in [0.25, 0.3) is 0 Å². The normalized spacial score (nSPS) is 9.88. The van der Waals surface area contributed by atoms with Crippen molar-refractivity contribution in [1.82, 2.24) is 0 Å². The Morgan fingerprint density at radius 3 is 2.75 bits per heavy atom. The van der Waals surface area contributed by atoms with E-state index in [1.54, 1.807) is 25.1 Å². The first-order valence-corrected chi connectivity index (χ1v) is 5.49. The Balaban J connectivity index is 2.78. The van der Waals surface area contributed by atoms with E-state index in [0.29, 0.717) is 17.9 Å². The summed E-state index contributed by atoms with van der Waals surface area (Å²) >= 11 is 0. The second kappa shape index (κ2) is 6.00. The van der Waals surface area contributed by atoms with Gasteiger partial charge in [0, 0.05) is 6.54 Å². The molecule has 0 fully saturated rings. The number of nitrogen functional groups attached to an aromatic ring is 1. The lowest BCUT2D eigenvalue weighted by Crippen LogP contribution is -2.07. The summed E-state index contributed by atoms with van der Waals surface area (Å²) in [6.07, 6.45) is 1.03. The van der Waals surface area contributed by atoms with Gasteiger partial charge >= 0.3 is 5.97 Å². The van der Waals surface area contributed by atoms with Crippen LogP contribution in [0.15, 0.2) is 18.2 Å². The standard InChI is InChI=1S/C12H18N2O2/c1-3-7-14-11-6-5-9(8-10(11)13)12(15)16-4-2/h5-6,8,14H,3-4,7,13H2,1-2H3. The number of nitrogens with one attached hydrogen (secondary N) is 1. The van der Waals surface area contributed by atoms with Crippen LogP contribution in [0.1, 0.15) is 30.6 Å². The van der Waals surface area contributed by atoms with Crippen LogP contribution < -0.4 is 11.1 Å². The quantitative estimate of drug-likeness (QED) is 0.592. The van der Waals surface area contributed by atoms with Gasteiger partial charge < -0.3 is 15.8 Å². The molecule has 0 spiro atoms. The average Bonchev–Trinajstić information content (AvgIpc) is 2.27. The molecule has 0 amide bonds. The van der Waals surface area contributed by atoms with Crippen molar-refractivity contribution in [2.45, 2.75) is 20.3 Å². The van der Waals surface area contributed by atoms with Crippen molar-refractivity contribution in [1.29, 1.82) is 0 Å². The Morgan fingerprint density at radius 2 is 2.19 bits per heavy atom. The van der Waals surface area contributed by atoms with Crippen molar-refractivity contribution in [3.05, 3.63) is 23.8 Å². The third-order valence-corrected chi connectivity index (χ3v) is 2.13. The topological polar surface area (TPSA) is 64.3 Å². The fraction of sp³-hybridized carbons (Fsp3) is 0.417. The molecule has 88 valence electrons. The fourth-order valence-electron chi connectivity index (χ4n) is 1.32. The number of carbonyl (C=O) groups is 1. The van der Waals surface area contributed by atoms with Gasteiger partial charge in [0.25, 0.3) is 0 Å². The lowest BCUT2D eigenvalue weighted by Gasteiger charge is -2.09. The van der Waals surface area contributed by atoms with Crippen molar-refractivity contribution >= 4 is 17.3 Å². The molecule has 4 heteroatoms. The molecule has 4 nitrogen and oxygen atoms in total. The number of ether oxygens (including phenoxy) is 1. The lowest BCUT2D eigenvalue weighted by molar-refractivity contribution is 0.0526. The molecule has 3 N–H and O–H groups in total. The smallest absolute Gasteiger partial charge is 0.338 e. The van der Waals surface area contributed by atoms with Crippen molar-refractivity contribution in [2.75, 3.05) is 24.2 Å². The van der Waals surface area contributed by atoms with Gasteiger partial charge in [-0.25, -0.2) is 4.79 Å². The van der Waals surface area contributed by atoms with Crippen molar-refractivity contribution in [3.8, 4) is 0 Å². The number of anilines is 2. The molecule has 1 rings (SSSR count). The summed E-state index contributed by atoms with van der Waals surface area (Å²) in [6, 6.07) is 5.15. The van der Waals surface area contributed by atoms with E-state index in [-0.39, 0.29) is 5.97 Å². The highest BCUT2D eigenvalue weighted by molar-refractivity contribution is 5.91. The van der Waals surface area contributed by atoms with E-state index in [4.69, 9.17) is 10.5 Å². The summed E-state index contributed by atoms with van der Waals surface area (Å²) in [4.78, 5) is 11.4. The number of nitrogens with two attached hydrogens (primary N) is 1. The molecule has 1 aromatic carbocycles. The summed E-state index contributed by atoms with van der Waals surface area (Å²) in [5.41, 5.74) is 7.74. The molecular weight excluding hydrogens is 204 g/mol. The van der Waals surface area contributed by atoms with E-state index in [1.807, 2.05) is 0 Å². The Morgan fingerprint density at radius 1 is 1.44 bits per heavy atom. The van der Waals surface area contributed by atoms with Gasteiger partial charge in [-0.1, -0.05) is 6.92 Å². The minimum absolute atomic E-state index is 0.337. The molecule has 16 heavy (non-hydrogen) atoms. The zero-order valence-electron chi connectivity index (χ0n) is 9.75. The summed E-state index contributed by atoms with van der Waals surface area (Å²) < 4.78 is 4.89. The monoisotopic (exact) mass is 222 g/mol. The number of esters is 1. The van der Waals surface area contributed by atoms with Gasteiger partial charge in [0.05, 0.1) is 23.5 Å². The number of hydrogen-bond donors (Lipinski definition) is 2. The van der Waals surface area contributed by atoms with Crippen molar-refractivity contribution in [3.63, 3.8) is 0 Å². The molecule has 0 saturated carbocycles. The van der Waals surface area contributed by atoms with Crippen LogP contribution in [-0.2, 0) is 4.74 Å². The summed E-state index contributed by atoms with van der Waals surface area (Å²) in [5, 5.41) is 3.18. The molecule has 1 aromatic rings. The van der Waals surface area contributed by atoms with Gasteiger partial charge in [-0.3, -0.25) is 0 Å². The molecule has 0 saturated heterocycles. The third-order valence-electron chi connectivity index (χ3n) is 2.13. The first kappa shape index (κ1) is 12.4. The highest BCUT2D eigenvalue weighted by atomic mass is 16.5. The molecule has 0 heterocycles. The predicted molar refractivity (Wildman–Crippen MR) is 65.6 cm³/mol. The summed E-state index contributed by atoms with van der Waals surface area (Å²) in [7, 11) is 0. The molecule has 0 unspecified atom stereocenters. The van der Waals surface area contributed by atoms with E-state index in [0.717, 1.165) is 18.7 Å². The van der Waals surface area contributed by atoms with Crippen molar-refractivity contribution < 1.29 is 9.53 Å². The van der Waals surface area contributed by atoms with Gasteiger partial charge in [-0.2, -0.15) is 0 Å². The zero-order valence-corrected chi connectivity index (χ0v) is 9.75. The number of hydrogen-bond acceptors (Lipinski definition) is 4. The molecule has 0 aliphatic heterocycles. The summed E-state index contributed by atoms with van der Waals surface area (Å²) in [6.45, 7) is 5.09. The van der Waals surface area contributed by atoms with Gasteiger partial charge in [-0.15, -0.1) is 0 Å². The predicted octanol–water partition coefficient (Wildman–Crippen LogP) is 2.27. The Hall–Kier alpha value is -1.71. The third kappa shape index (κ3) is 3.15. The number of benzene rings is 1. The van der Waals surface area contributed by atoms with E-state index in [9.17, 15) is 4.79 Å². The minimum atomic E-state index is -0.337. The second-order valence-corrected chi connectivity index (χ2v) is 3.45. The fourth-order valence-corrected chi connectivity index (χ4v) is 1.32. The van der Waals surface area contributed by atoms with Crippen LogP contribution >= 0.6 is 0 Å². The van der Waals surface area contributed by atoms with E-state index < -0.39 is 0 Å². The molecule has 0 atom stereocenters. The van der Waals surface area contributed by atoms with Crippen LogP contribution in [0.2, 0.25) is 0 Å². The Bertz CT molecular complexity index is 364. The maximum absolute atomic E-state index is 11.4.